The Morgan fingerprint density at radius 2 is 2.10 bits per heavy atom. The van der Waals surface area contributed by atoms with Crippen LogP contribution in [0.5, 0.6) is 5.75 Å². The zero-order valence-electron chi connectivity index (χ0n) is 13.3. The minimum Gasteiger partial charge on any atom is -0.487 e. The number of nitrogens with zero attached hydrogens (tertiary/aromatic N) is 1. The van der Waals surface area contributed by atoms with Crippen LogP contribution in [-0.2, 0) is 13.0 Å². The van der Waals surface area contributed by atoms with Crippen molar-refractivity contribution in [2.75, 3.05) is 13.2 Å². The van der Waals surface area contributed by atoms with Crippen LogP contribution in [0.3, 0.4) is 0 Å². The molecule has 1 saturated carbocycles. The standard InChI is InChI=1S/C18H27NO2/c1-18(2)12-15-11-14(5-8-17(15)21-18)13-19(16-6-7-16)9-3-4-10-20/h5,8,11,16,20H,3-4,6-7,9-10,12-13H2,1-2H3. The molecule has 0 aromatic heterocycles. The van der Waals surface area contributed by atoms with E-state index in [1.807, 2.05) is 0 Å². The minimum atomic E-state index is -0.0573. The van der Waals surface area contributed by atoms with Gasteiger partial charge >= 0.3 is 0 Å². The summed E-state index contributed by atoms with van der Waals surface area (Å²) in [7, 11) is 0. The molecular weight excluding hydrogens is 262 g/mol. The Morgan fingerprint density at radius 3 is 2.81 bits per heavy atom. The second-order valence-electron chi connectivity index (χ2n) is 7.11. The SMILES string of the molecule is CC1(C)Cc2cc(CN(CCCCO)C3CC3)ccc2O1. The molecule has 1 N–H and O–H groups in total. The summed E-state index contributed by atoms with van der Waals surface area (Å²) in [6, 6.07) is 7.44. The molecule has 1 fully saturated rings. The van der Waals surface area contributed by atoms with Gasteiger partial charge in [-0.15, -0.1) is 0 Å². The van der Waals surface area contributed by atoms with E-state index in [0.29, 0.717) is 6.61 Å². The Kier molecular flexibility index (Phi) is 4.23. The fourth-order valence-corrected chi connectivity index (χ4v) is 3.25. The van der Waals surface area contributed by atoms with Crippen molar-refractivity contribution in [3.63, 3.8) is 0 Å². The molecule has 1 aromatic carbocycles. The number of rotatable bonds is 7. The topological polar surface area (TPSA) is 32.7 Å². The van der Waals surface area contributed by atoms with E-state index in [-0.39, 0.29) is 5.60 Å². The molecule has 3 nitrogen and oxygen atoms in total. The number of fused-ring (bicyclic) bond motifs is 1. The predicted molar refractivity (Wildman–Crippen MR) is 84.6 cm³/mol. The summed E-state index contributed by atoms with van der Waals surface area (Å²) >= 11 is 0. The summed E-state index contributed by atoms with van der Waals surface area (Å²) in [6.45, 7) is 6.74. The van der Waals surface area contributed by atoms with E-state index in [4.69, 9.17) is 9.84 Å². The van der Waals surface area contributed by atoms with Crippen molar-refractivity contribution >= 4 is 0 Å². The Bertz CT molecular complexity index is 494. The number of aliphatic hydroxyl groups is 1. The molecule has 0 bridgehead atoms. The number of aliphatic hydroxyl groups excluding tert-OH is 1. The lowest BCUT2D eigenvalue weighted by molar-refractivity contribution is 0.138. The molecule has 0 unspecified atom stereocenters. The molecule has 0 spiro atoms. The lowest BCUT2D eigenvalue weighted by atomic mass is 10.00. The highest BCUT2D eigenvalue weighted by Gasteiger charge is 2.31. The number of hydrogen-bond acceptors (Lipinski definition) is 3. The van der Waals surface area contributed by atoms with Gasteiger partial charge in [-0.05, 0) is 63.3 Å². The van der Waals surface area contributed by atoms with E-state index in [0.717, 1.165) is 44.1 Å². The van der Waals surface area contributed by atoms with Gasteiger partial charge < -0.3 is 9.84 Å². The van der Waals surface area contributed by atoms with Gasteiger partial charge in [-0.2, -0.15) is 0 Å². The third-order valence-corrected chi connectivity index (χ3v) is 4.43. The van der Waals surface area contributed by atoms with Gasteiger partial charge in [-0.1, -0.05) is 12.1 Å². The van der Waals surface area contributed by atoms with Crippen molar-refractivity contribution in [1.29, 1.82) is 0 Å². The van der Waals surface area contributed by atoms with E-state index in [1.54, 1.807) is 0 Å². The summed E-state index contributed by atoms with van der Waals surface area (Å²) < 4.78 is 5.95. The molecule has 1 aromatic rings. The summed E-state index contributed by atoms with van der Waals surface area (Å²) in [5, 5.41) is 8.95. The number of benzene rings is 1. The second kappa shape index (κ2) is 5.98. The first-order chi connectivity index (χ1) is 10.1. The van der Waals surface area contributed by atoms with Gasteiger partial charge in [-0.3, -0.25) is 4.90 Å². The van der Waals surface area contributed by atoms with E-state index < -0.39 is 0 Å². The Balaban J connectivity index is 1.64. The highest BCUT2D eigenvalue weighted by molar-refractivity contribution is 5.41. The summed E-state index contributed by atoms with van der Waals surface area (Å²) in [5.74, 6) is 1.06. The van der Waals surface area contributed by atoms with Crippen molar-refractivity contribution < 1.29 is 9.84 Å². The second-order valence-corrected chi connectivity index (χ2v) is 7.11. The minimum absolute atomic E-state index is 0.0573. The molecule has 1 aliphatic carbocycles. The first-order valence-electron chi connectivity index (χ1n) is 8.23. The zero-order chi connectivity index (χ0) is 14.9. The monoisotopic (exact) mass is 289 g/mol. The quantitative estimate of drug-likeness (QED) is 0.783. The van der Waals surface area contributed by atoms with Crippen LogP contribution in [0.2, 0.25) is 0 Å². The van der Waals surface area contributed by atoms with Crippen LogP contribution in [0.1, 0.15) is 50.7 Å². The van der Waals surface area contributed by atoms with E-state index in [1.165, 1.54) is 24.0 Å². The Morgan fingerprint density at radius 1 is 1.29 bits per heavy atom. The molecule has 0 amide bonds. The number of unbranched alkanes of at least 4 members (excludes halogenated alkanes) is 1. The molecule has 3 rings (SSSR count). The van der Waals surface area contributed by atoms with Crippen molar-refractivity contribution in [3.8, 4) is 5.75 Å². The maximum Gasteiger partial charge on any atom is 0.123 e. The van der Waals surface area contributed by atoms with Crippen molar-refractivity contribution in [1.82, 2.24) is 4.90 Å². The van der Waals surface area contributed by atoms with Gasteiger partial charge in [0.1, 0.15) is 11.4 Å². The van der Waals surface area contributed by atoms with Crippen LogP contribution in [0.25, 0.3) is 0 Å². The van der Waals surface area contributed by atoms with E-state index in [2.05, 4.69) is 36.9 Å². The van der Waals surface area contributed by atoms with Gasteiger partial charge in [0.05, 0.1) is 0 Å². The molecule has 2 aliphatic rings. The zero-order valence-corrected chi connectivity index (χ0v) is 13.3. The molecule has 0 radical (unpaired) electrons. The van der Waals surface area contributed by atoms with E-state index >= 15 is 0 Å². The highest BCUT2D eigenvalue weighted by Crippen LogP contribution is 2.36. The number of ether oxygens (including phenoxy) is 1. The Hall–Kier alpha value is -1.06. The van der Waals surface area contributed by atoms with Gasteiger partial charge in [0.15, 0.2) is 0 Å². The average molecular weight is 289 g/mol. The van der Waals surface area contributed by atoms with Gasteiger partial charge in [0.25, 0.3) is 0 Å². The molecule has 116 valence electrons. The van der Waals surface area contributed by atoms with Crippen LogP contribution < -0.4 is 4.74 Å². The summed E-state index contributed by atoms with van der Waals surface area (Å²) in [4.78, 5) is 2.58. The van der Waals surface area contributed by atoms with Crippen molar-refractivity contribution in [3.05, 3.63) is 29.3 Å². The van der Waals surface area contributed by atoms with Gasteiger partial charge in [0.2, 0.25) is 0 Å². The molecule has 0 saturated heterocycles. The van der Waals surface area contributed by atoms with Crippen LogP contribution in [0.15, 0.2) is 18.2 Å². The summed E-state index contributed by atoms with van der Waals surface area (Å²) in [6.07, 6.45) is 5.67. The molecule has 1 heterocycles. The first-order valence-corrected chi connectivity index (χ1v) is 8.23. The Labute approximate surface area is 127 Å². The normalized spacial score (nSPS) is 19.6. The number of hydrogen-bond donors (Lipinski definition) is 1. The molecule has 0 atom stereocenters. The lowest BCUT2D eigenvalue weighted by Gasteiger charge is -2.22. The van der Waals surface area contributed by atoms with Gasteiger partial charge in [0, 0.05) is 25.6 Å². The molecular formula is C18H27NO2. The third kappa shape index (κ3) is 3.78. The predicted octanol–water partition coefficient (Wildman–Crippen LogP) is 3.14. The first kappa shape index (κ1) is 14.9. The molecule has 3 heteroatoms. The average Bonchev–Trinajstić information content (AvgIpc) is 3.20. The van der Waals surface area contributed by atoms with E-state index in [9.17, 15) is 0 Å². The fourth-order valence-electron chi connectivity index (χ4n) is 3.25. The summed E-state index contributed by atoms with van der Waals surface area (Å²) in [5.41, 5.74) is 2.69. The van der Waals surface area contributed by atoms with Crippen molar-refractivity contribution in [2.24, 2.45) is 0 Å². The third-order valence-electron chi connectivity index (χ3n) is 4.43. The van der Waals surface area contributed by atoms with Crippen LogP contribution in [0.4, 0.5) is 0 Å². The maximum atomic E-state index is 8.95. The van der Waals surface area contributed by atoms with Crippen molar-refractivity contribution in [2.45, 2.75) is 64.1 Å². The van der Waals surface area contributed by atoms with Crippen LogP contribution >= 0.6 is 0 Å². The largest absolute Gasteiger partial charge is 0.487 e. The molecule has 1 aliphatic heterocycles. The lowest BCUT2D eigenvalue weighted by Crippen LogP contribution is -2.27. The fraction of sp³-hybridized carbons (Fsp3) is 0.667. The molecule has 21 heavy (non-hydrogen) atoms. The van der Waals surface area contributed by atoms with Crippen LogP contribution in [0, 0.1) is 0 Å². The van der Waals surface area contributed by atoms with Crippen LogP contribution in [-0.4, -0.2) is 34.8 Å². The smallest absolute Gasteiger partial charge is 0.123 e. The maximum absolute atomic E-state index is 8.95. The highest BCUT2D eigenvalue weighted by atomic mass is 16.5. The van der Waals surface area contributed by atoms with Gasteiger partial charge in [-0.25, -0.2) is 0 Å².